The highest BCUT2D eigenvalue weighted by molar-refractivity contribution is 5.72. The lowest BCUT2D eigenvalue weighted by molar-refractivity contribution is 0.0981. The molecule has 1 atom stereocenters. The maximum Gasteiger partial charge on any atom is 0.231 e. The van der Waals surface area contributed by atoms with Crippen LogP contribution < -0.4 is 10.2 Å². The average Bonchev–Trinajstić information content (AvgIpc) is 3.36. The number of nitrogens with zero attached hydrogens (tertiary/aromatic N) is 6. The van der Waals surface area contributed by atoms with Crippen LogP contribution >= 0.6 is 0 Å². The van der Waals surface area contributed by atoms with E-state index < -0.39 is 0 Å². The van der Waals surface area contributed by atoms with Crippen molar-refractivity contribution in [3.63, 3.8) is 0 Å². The van der Waals surface area contributed by atoms with Crippen molar-refractivity contribution in [1.29, 1.82) is 0 Å². The molecule has 9 nitrogen and oxygen atoms in total. The number of rotatable bonds is 5. The number of nitrogens with one attached hydrogen (secondary N) is 2. The van der Waals surface area contributed by atoms with Crippen LogP contribution in [0.25, 0.3) is 16.7 Å². The lowest BCUT2D eigenvalue weighted by atomic mass is 10.1. The molecule has 0 bridgehead atoms. The molecule has 4 aromatic rings. The van der Waals surface area contributed by atoms with Crippen molar-refractivity contribution >= 4 is 28.6 Å². The summed E-state index contributed by atoms with van der Waals surface area (Å²) < 4.78 is 7.35. The molecule has 9 heteroatoms. The molecule has 0 aliphatic carbocycles. The molecule has 0 saturated carbocycles. The fourth-order valence-electron chi connectivity index (χ4n) is 3.69. The van der Waals surface area contributed by atoms with Gasteiger partial charge in [0.15, 0.2) is 5.65 Å². The van der Waals surface area contributed by atoms with E-state index in [1.807, 2.05) is 12.3 Å². The Morgan fingerprint density at radius 3 is 3.03 bits per heavy atom. The Labute approximate surface area is 174 Å². The van der Waals surface area contributed by atoms with E-state index in [0.717, 1.165) is 34.6 Å². The van der Waals surface area contributed by atoms with E-state index in [-0.39, 0.29) is 6.04 Å². The molecule has 154 valence electrons. The van der Waals surface area contributed by atoms with Crippen LogP contribution in [0.3, 0.4) is 0 Å². The van der Waals surface area contributed by atoms with Crippen molar-refractivity contribution in [2.45, 2.75) is 39.3 Å². The topological polar surface area (TPSA) is 96.3 Å². The summed E-state index contributed by atoms with van der Waals surface area (Å²) in [6, 6.07) is 9.91. The van der Waals surface area contributed by atoms with Gasteiger partial charge in [-0.15, -0.1) is 0 Å². The third kappa shape index (κ3) is 3.29. The second kappa shape index (κ2) is 7.46. The zero-order valence-electron chi connectivity index (χ0n) is 17.3. The standard InChI is InChI=1S/C21H24N8O/c1-13(2)15-10-23-29-19(15)26-21(28-8-9-30-12-14(28)3)27-20(29)22-11-18-24-16-6-4-5-7-17(16)25-18/h4,6,10,13-14H,8-9,11-12H2,1-3H3,(H,24,25)(H,22,26,27)/t14-/m0/s1. The van der Waals surface area contributed by atoms with Gasteiger partial charge in [0.1, 0.15) is 11.3 Å². The van der Waals surface area contributed by atoms with E-state index in [9.17, 15) is 0 Å². The molecule has 4 heterocycles. The van der Waals surface area contributed by atoms with Crippen LogP contribution in [0.15, 0.2) is 18.3 Å². The summed E-state index contributed by atoms with van der Waals surface area (Å²) in [4.78, 5) is 19.7. The van der Waals surface area contributed by atoms with Gasteiger partial charge in [-0.25, -0.2) is 4.98 Å². The molecule has 1 fully saturated rings. The van der Waals surface area contributed by atoms with Gasteiger partial charge in [-0.3, -0.25) is 0 Å². The number of anilines is 2. The minimum atomic E-state index is 0.210. The predicted molar refractivity (Wildman–Crippen MR) is 114 cm³/mol. The Morgan fingerprint density at radius 2 is 2.23 bits per heavy atom. The van der Waals surface area contributed by atoms with Gasteiger partial charge in [0.05, 0.1) is 37.5 Å². The molecule has 0 unspecified atom stereocenters. The second-order valence-corrected chi connectivity index (χ2v) is 7.85. The molecule has 1 aromatic carbocycles. The first-order valence-electron chi connectivity index (χ1n) is 10.2. The molecule has 3 aromatic heterocycles. The van der Waals surface area contributed by atoms with E-state index in [1.54, 1.807) is 10.6 Å². The molecule has 5 rings (SSSR count). The Hall–Kier alpha value is -3.38. The summed E-state index contributed by atoms with van der Waals surface area (Å²) in [5, 5.41) is 7.93. The minimum absolute atomic E-state index is 0.210. The van der Waals surface area contributed by atoms with Gasteiger partial charge >= 0.3 is 0 Å². The fourth-order valence-corrected chi connectivity index (χ4v) is 3.69. The van der Waals surface area contributed by atoms with Crippen LogP contribution in [-0.4, -0.2) is 55.4 Å². The molecular formula is C21H24N8O. The number of morpholine rings is 1. The van der Waals surface area contributed by atoms with E-state index in [4.69, 9.17) is 14.7 Å². The zero-order chi connectivity index (χ0) is 20.7. The number of hydrogen-bond donors (Lipinski definition) is 2. The third-order valence-electron chi connectivity index (χ3n) is 5.35. The highest BCUT2D eigenvalue weighted by atomic mass is 16.5. The van der Waals surface area contributed by atoms with Crippen molar-refractivity contribution in [2.24, 2.45) is 0 Å². The third-order valence-corrected chi connectivity index (χ3v) is 5.35. The molecule has 1 aliphatic heterocycles. The van der Waals surface area contributed by atoms with Crippen molar-refractivity contribution < 1.29 is 4.74 Å². The lowest BCUT2D eigenvalue weighted by Gasteiger charge is -2.33. The fraction of sp³-hybridized carbons (Fsp3) is 0.429. The van der Waals surface area contributed by atoms with Gasteiger partial charge in [-0.2, -0.15) is 19.6 Å². The highest BCUT2D eigenvalue weighted by Crippen LogP contribution is 2.25. The number of aromatic amines is 1. The Balaban J connectivity index is 1.52. The second-order valence-electron chi connectivity index (χ2n) is 7.85. The van der Waals surface area contributed by atoms with Gasteiger partial charge in [-0.05, 0) is 31.0 Å². The van der Waals surface area contributed by atoms with Crippen LogP contribution in [0, 0.1) is 12.1 Å². The van der Waals surface area contributed by atoms with Gasteiger partial charge < -0.3 is 19.9 Å². The van der Waals surface area contributed by atoms with Crippen LogP contribution in [0.1, 0.15) is 38.1 Å². The summed E-state index contributed by atoms with van der Waals surface area (Å²) in [7, 11) is 0. The molecule has 0 radical (unpaired) electrons. The number of ether oxygens (including phenoxy) is 1. The Morgan fingerprint density at radius 1 is 1.33 bits per heavy atom. The first-order chi connectivity index (χ1) is 14.6. The van der Waals surface area contributed by atoms with Crippen LogP contribution in [0.4, 0.5) is 11.9 Å². The predicted octanol–water partition coefficient (Wildman–Crippen LogP) is 2.56. The normalized spacial score (nSPS) is 17.1. The summed E-state index contributed by atoms with van der Waals surface area (Å²) in [6.07, 6.45) is 1.87. The van der Waals surface area contributed by atoms with Crippen molar-refractivity contribution in [3.8, 4) is 0 Å². The first-order valence-corrected chi connectivity index (χ1v) is 10.2. The summed E-state index contributed by atoms with van der Waals surface area (Å²) in [6.45, 7) is 8.99. The highest BCUT2D eigenvalue weighted by Gasteiger charge is 2.24. The molecule has 30 heavy (non-hydrogen) atoms. The van der Waals surface area contributed by atoms with Gasteiger partial charge in [0.25, 0.3) is 0 Å². The molecule has 0 amide bonds. The maximum atomic E-state index is 5.58. The van der Waals surface area contributed by atoms with Gasteiger partial charge in [0, 0.05) is 12.1 Å². The van der Waals surface area contributed by atoms with Crippen LogP contribution in [0.5, 0.6) is 0 Å². The van der Waals surface area contributed by atoms with Crippen LogP contribution in [-0.2, 0) is 11.3 Å². The number of hydrogen-bond acceptors (Lipinski definition) is 7. The number of fused-ring (bicyclic) bond motifs is 2. The monoisotopic (exact) mass is 404 g/mol. The van der Waals surface area contributed by atoms with Crippen molar-refractivity contribution in [1.82, 2.24) is 29.5 Å². The Bertz CT molecular complexity index is 1150. The Kier molecular flexibility index (Phi) is 4.64. The number of imidazole rings is 1. The van der Waals surface area contributed by atoms with E-state index >= 15 is 0 Å². The molecule has 2 N–H and O–H groups in total. The van der Waals surface area contributed by atoms with Crippen molar-refractivity contribution in [2.75, 3.05) is 30.0 Å². The first kappa shape index (κ1) is 18.6. The smallest absolute Gasteiger partial charge is 0.231 e. The zero-order valence-corrected chi connectivity index (χ0v) is 17.3. The van der Waals surface area contributed by atoms with Gasteiger partial charge in [-0.1, -0.05) is 19.9 Å². The molecule has 1 aliphatic rings. The molecule has 1 saturated heterocycles. The summed E-state index contributed by atoms with van der Waals surface area (Å²) >= 11 is 0. The maximum absolute atomic E-state index is 5.58. The summed E-state index contributed by atoms with van der Waals surface area (Å²) in [5.74, 6) is 2.43. The van der Waals surface area contributed by atoms with Gasteiger partial charge in [0.2, 0.25) is 11.9 Å². The SMILES string of the molecule is CC(C)c1cnn2c(NCc3nc4ccc#cc4[nH]3)nc(N3CCOC[C@@H]3C)nc12. The number of H-pyrrole nitrogens is 1. The van der Waals surface area contributed by atoms with Crippen LogP contribution in [0.2, 0.25) is 0 Å². The summed E-state index contributed by atoms with van der Waals surface area (Å²) in [5.41, 5.74) is 3.62. The lowest BCUT2D eigenvalue weighted by Crippen LogP contribution is -2.44. The largest absolute Gasteiger partial charge is 0.377 e. The van der Waals surface area contributed by atoms with E-state index in [2.05, 4.69) is 58.2 Å². The quantitative estimate of drug-likeness (QED) is 0.528. The van der Waals surface area contributed by atoms with Crippen molar-refractivity contribution in [3.05, 3.63) is 41.9 Å². The van der Waals surface area contributed by atoms with E-state index in [1.165, 1.54) is 0 Å². The van der Waals surface area contributed by atoms with E-state index in [0.29, 0.717) is 37.6 Å². The number of aromatic nitrogens is 6. The molecular weight excluding hydrogens is 380 g/mol. The average molecular weight is 404 g/mol. The molecule has 0 spiro atoms. The minimum Gasteiger partial charge on any atom is -0.377 e.